The maximum Gasteiger partial charge on any atom is 0.313 e. The average molecular weight is 366 g/mol. The number of nitrogens with one attached hydrogen (secondary N) is 2. The Labute approximate surface area is 157 Å². The average Bonchev–Trinajstić information content (AvgIpc) is 3.53. The molecule has 0 radical (unpaired) electrons. The molecule has 2 atom stereocenters. The third-order valence-electron chi connectivity index (χ3n) is 4.79. The van der Waals surface area contributed by atoms with Crippen LogP contribution in [0, 0.1) is 0 Å². The van der Waals surface area contributed by atoms with Gasteiger partial charge in [0.25, 0.3) is 0 Å². The van der Waals surface area contributed by atoms with Gasteiger partial charge in [0.05, 0.1) is 13.1 Å². The first kappa shape index (κ1) is 17.0. The van der Waals surface area contributed by atoms with E-state index in [0.29, 0.717) is 0 Å². The Morgan fingerprint density at radius 3 is 1.48 bits per heavy atom. The number of amides is 4. The minimum absolute atomic E-state index is 0.00574. The van der Waals surface area contributed by atoms with Crippen LogP contribution in [0.5, 0.6) is 0 Å². The van der Waals surface area contributed by atoms with Crippen molar-refractivity contribution in [3.05, 3.63) is 59.7 Å². The summed E-state index contributed by atoms with van der Waals surface area (Å²) in [5, 5.41) is 5.37. The van der Waals surface area contributed by atoms with Gasteiger partial charge in [-0.3, -0.25) is 0 Å². The lowest BCUT2D eigenvalue weighted by Gasteiger charge is -2.09. The summed E-state index contributed by atoms with van der Waals surface area (Å²) in [6.07, 6.45) is 0.851. The third-order valence-corrected chi connectivity index (χ3v) is 4.79. The molecule has 2 saturated heterocycles. The first-order valence-corrected chi connectivity index (χ1v) is 8.83. The molecule has 8 nitrogen and oxygen atoms in total. The van der Waals surface area contributed by atoms with E-state index < -0.39 is 12.1 Å². The SMILES string of the molecule is NC(=O)NC1CN1c1ccc(Cc2ccc(N3CC3NC(N)=O)cc2)cc1. The van der Waals surface area contributed by atoms with Crippen LogP contribution in [0.1, 0.15) is 11.1 Å². The summed E-state index contributed by atoms with van der Waals surface area (Å²) in [5.74, 6) is 0. The number of hydrogen-bond acceptors (Lipinski definition) is 4. The van der Waals surface area contributed by atoms with Gasteiger partial charge < -0.3 is 31.9 Å². The highest BCUT2D eigenvalue weighted by Crippen LogP contribution is 2.28. The zero-order chi connectivity index (χ0) is 19.0. The second-order valence-corrected chi connectivity index (χ2v) is 6.86. The lowest BCUT2D eigenvalue weighted by atomic mass is 10.0. The van der Waals surface area contributed by atoms with Crippen molar-refractivity contribution >= 4 is 23.4 Å². The highest BCUT2D eigenvalue weighted by molar-refractivity contribution is 5.74. The number of carbonyl (C=O) groups excluding carboxylic acids is 2. The summed E-state index contributed by atoms with van der Waals surface area (Å²) in [6.45, 7) is 1.57. The molecule has 4 amide bonds. The van der Waals surface area contributed by atoms with Gasteiger partial charge in [0.2, 0.25) is 0 Å². The van der Waals surface area contributed by atoms with E-state index in [1.807, 2.05) is 0 Å². The predicted octanol–water partition coefficient (Wildman–Crippen LogP) is 0.906. The summed E-state index contributed by atoms with van der Waals surface area (Å²) >= 11 is 0. The summed E-state index contributed by atoms with van der Waals surface area (Å²) in [4.78, 5) is 25.9. The number of hydrogen-bond donors (Lipinski definition) is 4. The van der Waals surface area contributed by atoms with Crippen LogP contribution in [-0.2, 0) is 6.42 Å². The van der Waals surface area contributed by atoms with Gasteiger partial charge in [-0.05, 0) is 41.8 Å². The normalized spacial score (nSPS) is 20.1. The van der Waals surface area contributed by atoms with Crippen molar-refractivity contribution in [2.24, 2.45) is 11.5 Å². The number of nitrogens with zero attached hydrogens (tertiary/aromatic N) is 2. The van der Waals surface area contributed by atoms with Gasteiger partial charge >= 0.3 is 12.1 Å². The predicted molar refractivity (Wildman–Crippen MR) is 103 cm³/mol. The Bertz CT molecular complexity index is 780. The van der Waals surface area contributed by atoms with Crippen LogP contribution in [0.3, 0.4) is 0 Å². The monoisotopic (exact) mass is 366 g/mol. The molecule has 0 aliphatic carbocycles. The lowest BCUT2D eigenvalue weighted by molar-refractivity contribution is 0.247. The largest absolute Gasteiger partial charge is 0.352 e. The zero-order valence-corrected chi connectivity index (χ0v) is 14.8. The van der Waals surface area contributed by atoms with Crippen molar-refractivity contribution in [2.45, 2.75) is 18.8 Å². The fraction of sp³-hybridized carbons (Fsp3) is 0.263. The number of benzene rings is 2. The molecule has 0 saturated carbocycles. The number of nitrogens with two attached hydrogens (primary N) is 2. The van der Waals surface area contributed by atoms with Gasteiger partial charge in [0.1, 0.15) is 12.3 Å². The van der Waals surface area contributed by atoms with E-state index in [2.05, 4.69) is 69.0 Å². The molecule has 2 aromatic carbocycles. The number of carbonyl (C=O) groups is 2. The van der Waals surface area contributed by atoms with Crippen molar-refractivity contribution in [1.82, 2.24) is 10.6 Å². The molecular weight excluding hydrogens is 344 g/mol. The molecule has 2 aliphatic rings. The van der Waals surface area contributed by atoms with E-state index >= 15 is 0 Å². The van der Waals surface area contributed by atoms with Gasteiger partial charge in [0.15, 0.2) is 0 Å². The Balaban J connectivity index is 1.32. The van der Waals surface area contributed by atoms with Gasteiger partial charge in [0, 0.05) is 11.4 Å². The number of rotatable bonds is 6. The van der Waals surface area contributed by atoms with E-state index in [-0.39, 0.29) is 12.3 Å². The molecule has 2 unspecified atom stereocenters. The van der Waals surface area contributed by atoms with Gasteiger partial charge in [-0.25, -0.2) is 9.59 Å². The molecule has 6 N–H and O–H groups in total. The topological polar surface area (TPSA) is 116 Å². The maximum atomic E-state index is 10.9. The van der Waals surface area contributed by atoms with Gasteiger partial charge in [-0.15, -0.1) is 0 Å². The summed E-state index contributed by atoms with van der Waals surface area (Å²) in [6, 6.07) is 15.6. The van der Waals surface area contributed by atoms with Crippen LogP contribution >= 0.6 is 0 Å². The minimum atomic E-state index is -0.498. The second-order valence-electron chi connectivity index (χ2n) is 6.86. The number of anilines is 2. The summed E-state index contributed by atoms with van der Waals surface area (Å²) < 4.78 is 0. The van der Waals surface area contributed by atoms with Crippen LogP contribution < -0.4 is 31.9 Å². The molecule has 4 rings (SSSR count). The third kappa shape index (κ3) is 4.05. The molecule has 2 fully saturated rings. The van der Waals surface area contributed by atoms with Gasteiger partial charge in [-0.2, -0.15) is 0 Å². The van der Waals surface area contributed by atoms with Crippen LogP contribution in [-0.4, -0.2) is 37.5 Å². The molecule has 2 aliphatic heterocycles. The number of primary amides is 2. The van der Waals surface area contributed by atoms with Gasteiger partial charge in [-0.1, -0.05) is 24.3 Å². The molecule has 8 heteroatoms. The van der Waals surface area contributed by atoms with Crippen molar-refractivity contribution in [3.8, 4) is 0 Å². The van der Waals surface area contributed by atoms with E-state index in [4.69, 9.17) is 11.5 Å². The Morgan fingerprint density at radius 1 is 0.778 bits per heavy atom. The van der Waals surface area contributed by atoms with Crippen LogP contribution in [0.25, 0.3) is 0 Å². The molecule has 2 aromatic rings. The van der Waals surface area contributed by atoms with Crippen molar-refractivity contribution in [3.63, 3.8) is 0 Å². The van der Waals surface area contributed by atoms with Crippen LogP contribution in [0.4, 0.5) is 21.0 Å². The van der Waals surface area contributed by atoms with Crippen molar-refractivity contribution < 1.29 is 9.59 Å². The molecule has 0 bridgehead atoms. The van der Waals surface area contributed by atoms with Crippen LogP contribution in [0.2, 0.25) is 0 Å². The first-order chi connectivity index (χ1) is 13.0. The Kier molecular flexibility index (Phi) is 4.23. The summed E-state index contributed by atoms with van der Waals surface area (Å²) in [7, 11) is 0. The smallest absolute Gasteiger partial charge is 0.313 e. The molecule has 0 aromatic heterocycles. The Morgan fingerprint density at radius 2 is 1.15 bits per heavy atom. The fourth-order valence-corrected chi connectivity index (χ4v) is 3.27. The molecular formula is C19H22N6O2. The fourth-order valence-electron chi connectivity index (χ4n) is 3.27. The van der Waals surface area contributed by atoms with E-state index in [1.54, 1.807) is 0 Å². The van der Waals surface area contributed by atoms with Crippen molar-refractivity contribution in [2.75, 3.05) is 22.9 Å². The number of urea groups is 2. The molecule has 2 heterocycles. The van der Waals surface area contributed by atoms with E-state index in [0.717, 1.165) is 30.9 Å². The first-order valence-electron chi connectivity index (χ1n) is 8.83. The standard InChI is InChI=1S/C19H22N6O2/c20-18(26)22-16-10-24(16)14-5-1-12(2-6-14)9-13-3-7-15(8-4-13)25-11-17(25)23-19(21)27/h1-8,16-17H,9-11H2,(H3,20,22,26)(H3,21,23,27). The quantitative estimate of drug-likeness (QED) is 0.569. The van der Waals surface area contributed by atoms with E-state index in [1.165, 1.54) is 11.1 Å². The van der Waals surface area contributed by atoms with Crippen LogP contribution in [0.15, 0.2) is 48.5 Å². The minimum Gasteiger partial charge on any atom is -0.352 e. The summed E-state index contributed by atoms with van der Waals surface area (Å²) in [5.41, 5.74) is 14.9. The van der Waals surface area contributed by atoms with Crippen molar-refractivity contribution in [1.29, 1.82) is 0 Å². The highest BCUT2D eigenvalue weighted by Gasteiger charge is 2.35. The molecule has 0 spiro atoms. The second kappa shape index (κ2) is 6.71. The maximum absolute atomic E-state index is 10.9. The zero-order valence-electron chi connectivity index (χ0n) is 14.8. The molecule has 140 valence electrons. The Hall–Kier alpha value is -3.42. The highest BCUT2D eigenvalue weighted by atomic mass is 16.2. The lowest BCUT2D eigenvalue weighted by Crippen LogP contribution is -2.33. The molecule has 27 heavy (non-hydrogen) atoms. The van der Waals surface area contributed by atoms with E-state index in [9.17, 15) is 9.59 Å².